The standard InChI is InChI=1S/C19H25N3O3/c1-24-16-8-4-3-7-15(16)9-10-17-20-21-18(25-17)11-12-19(23)22-13-5-2-6-14-22/h3-4,7-8H,2,5-6,9-14H2,1H3. The highest BCUT2D eigenvalue weighted by atomic mass is 16.5. The summed E-state index contributed by atoms with van der Waals surface area (Å²) in [7, 11) is 1.67. The highest BCUT2D eigenvalue weighted by Gasteiger charge is 2.17. The van der Waals surface area contributed by atoms with Gasteiger partial charge in [0.15, 0.2) is 0 Å². The van der Waals surface area contributed by atoms with Gasteiger partial charge in [0, 0.05) is 32.4 Å². The molecule has 134 valence electrons. The normalized spacial score (nSPS) is 14.5. The van der Waals surface area contributed by atoms with Gasteiger partial charge < -0.3 is 14.1 Å². The molecule has 0 saturated carbocycles. The zero-order valence-corrected chi connectivity index (χ0v) is 14.7. The molecule has 25 heavy (non-hydrogen) atoms. The predicted molar refractivity (Wildman–Crippen MR) is 93.5 cm³/mol. The minimum atomic E-state index is 0.188. The number of aryl methyl sites for hydroxylation is 3. The molecule has 1 saturated heterocycles. The summed E-state index contributed by atoms with van der Waals surface area (Å²) in [5, 5.41) is 8.16. The van der Waals surface area contributed by atoms with Crippen molar-refractivity contribution in [3.63, 3.8) is 0 Å². The first-order valence-electron chi connectivity index (χ1n) is 8.97. The van der Waals surface area contributed by atoms with Gasteiger partial charge in [-0.3, -0.25) is 4.79 Å². The van der Waals surface area contributed by atoms with Gasteiger partial charge in [-0.15, -0.1) is 10.2 Å². The van der Waals surface area contributed by atoms with Crippen LogP contribution in [-0.4, -0.2) is 41.2 Å². The molecule has 0 aliphatic carbocycles. The monoisotopic (exact) mass is 343 g/mol. The third kappa shape index (κ3) is 4.81. The van der Waals surface area contributed by atoms with Crippen LogP contribution in [-0.2, 0) is 24.1 Å². The van der Waals surface area contributed by atoms with Crippen LogP contribution in [0.15, 0.2) is 28.7 Å². The van der Waals surface area contributed by atoms with Gasteiger partial charge in [-0.1, -0.05) is 18.2 Å². The lowest BCUT2D eigenvalue weighted by Crippen LogP contribution is -2.35. The smallest absolute Gasteiger partial charge is 0.223 e. The molecule has 1 aliphatic rings. The summed E-state index contributed by atoms with van der Waals surface area (Å²) in [5.41, 5.74) is 1.12. The molecule has 0 atom stereocenters. The van der Waals surface area contributed by atoms with Gasteiger partial charge in [-0.05, 0) is 37.3 Å². The molecule has 1 amide bonds. The molecule has 3 rings (SSSR count). The summed E-state index contributed by atoms with van der Waals surface area (Å²) < 4.78 is 11.0. The summed E-state index contributed by atoms with van der Waals surface area (Å²) in [6, 6.07) is 7.92. The van der Waals surface area contributed by atoms with E-state index in [0.29, 0.717) is 31.0 Å². The summed E-state index contributed by atoms with van der Waals surface area (Å²) in [5.74, 6) is 2.20. The van der Waals surface area contributed by atoms with Crippen LogP contribution in [0.4, 0.5) is 0 Å². The number of rotatable bonds is 7. The highest BCUT2D eigenvalue weighted by Crippen LogP contribution is 2.19. The molecular weight excluding hydrogens is 318 g/mol. The number of amides is 1. The zero-order chi connectivity index (χ0) is 17.5. The molecule has 0 spiro atoms. The first-order chi connectivity index (χ1) is 12.3. The molecule has 6 heteroatoms. The van der Waals surface area contributed by atoms with Crippen LogP contribution in [0, 0.1) is 0 Å². The number of aromatic nitrogens is 2. The van der Waals surface area contributed by atoms with Crippen LogP contribution in [0.1, 0.15) is 43.0 Å². The molecule has 1 aromatic heterocycles. The largest absolute Gasteiger partial charge is 0.496 e. The highest BCUT2D eigenvalue weighted by molar-refractivity contribution is 5.76. The number of para-hydroxylation sites is 1. The van der Waals surface area contributed by atoms with Crippen LogP contribution < -0.4 is 4.74 Å². The Morgan fingerprint density at radius 1 is 1.08 bits per heavy atom. The van der Waals surface area contributed by atoms with Gasteiger partial charge in [0.25, 0.3) is 0 Å². The second-order valence-electron chi connectivity index (χ2n) is 6.34. The Kier molecular flexibility index (Phi) is 6.04. The van der Waals surface area contributed by atoms with Crippen LogP contribution >= 0.6 is 0 Å². The fourth-order valence-electron chi connectivity index (χ4n) is 3.16. The van der Waals surface area contributed by atoms with Crippen molar-refractivity contribution in [2.24, 2.45) is 0 Å². The Bertz CT molecular complexity index is 693. The SMILES string of the molecule is COc1ccccc1CCc1nnc(CCC(=O)N2CCCCC2)o1. The van der Waals surface area contributed by atoms with E-state index >= 15 is 0 Å². The van der Waals surface area contributed by atoms with Crippen molar-refractivity contribution in [2.75, 3.05) is 20.2 Å². The van der Waals surface area contributed by atoms with Crippen molar-refractivity contribution in [1.82, 2.24) is 15.1 Å². The van der Waals surface area contributed by atoms with E-state index in [1.165, 1.54) is 6.42 Å². The maximum atomic E-state index is 12.2. The van der Waals surface area contributed by atoms with Gasteiger partial charge in [0.05, 0.1) is 7.11 Å². The van der Waals surface area contributed by atoms with E-state index in [1.807, 2.05) is 29.2 Å². The third-order valence-corrected chi connectivity index (χ3v) is 4.57. The summed E-state index contributed by atoms with van der Waals surface area (Å²) in [6.07, 6.45) is 5.83. The molecule has 1 aliphatic heterocycles. The van der Waals surface area contributed by atoms with Gasteiger partial charge in [-0.2, -0.15) is 0 Å². The minimum Gasteiger partial charge on any atom is -0.496 e. The summed E-state index contributed by atoms with van der Waals surface area (Å²) >= 11 is 0. The summed E-state index contributed by atoms with van der Waals surface area (Å²) in [4.78, 5) is 14.1. The Morgan fingerprint density at radius 2 is 1.80 bits per heavy atom. The lowest BCUT2D eigenvalue weighted by Gasteiger charge is -2.26. The fourth-order valence-corrected chi connectivity index (χ4v) is 3.16. The Hall–Kier alpha value is -2.37. The maximum absolute atomic E-state index is 12.2. The second kappa shape index (κ2) is 8.65. The number of piperidine rings is 1. The van der Waals surface area contributed by atoms with E-state index in [-0.39, 0.29) is 5.91 Å². The van der Waals surface area contributed by atoms with E-state index in [1.54, 1.807) is 7.11 Å². The minimum absolute atomic E-state index is 0.188. The second-order valence-corrected chi connectivity index (χ2v) is 6.34. The number of benzene rings is 1. The number of likely N-dealkylation sites (tertiary alicyclic amines) is 1. The van der Waals surface area contributed by atoms with Crippen LogP contribution in [0.25, 0.3) is 0 Å². The Labute approximate surface area is 148 Å². The number of carbonyl (C=O) groups excluding carboxylic acids is 1. The topological polar surface area (TPSA) is 68.5 Å². The average molecular weight is 343 g/mol. The lowest BCUT2D eigenvalue weighted by molar-refractivity contribution is -0.132. The molecule has 2 heterocycles. The quantitative estimate of drug-likeness (QED) is 0.773. The molecule has 0 N–H and O–H groups in total. The van der Waals surface area contributed by atoms with Gasteiger partial charge in [0.1, 0.15) is 5.75 Å². The number of carbonyl (C=O) groups is 1. The molecule has 1 aromatic carbocycles. The number of nitrogens with zero attached hydrogens (tertiary/aromatic N) is 3. The van der Waals surface area contributed by atoms with Gasteiger partial charge in [0.2, 0.25) is 17.7 Å². The maximum Gasteiger partial charge on any atom is 0.223 e. The molecule has 1 fully saturated rings. The van der Waals surface area contributed by atoms with Crippen molar-refractivity contribution in [3.05, 3.63) is 41.6 Å². The van der Waals surface area contributed by atoms with Gasteiger partial charge >= 0.3 is 0 Å². The first-order valence-corrected chi connectivity index (χ1v) is 8.97. The van der Waals surface area contributed by atoms with E-state index in [9.17, 15) is 4.79 Å². The van der Waals surface area contributed by atoms with Crippen LogP contribution in [0.5, 0.6) is 5.75 Å². The van der Waals surface area contributed by atoms with Crippen LogP contribution in [0.3, 0.4) is 0 Å². The molecule has 6 nitrogen and oxygen atoms in total. The third-order valence-electron chi connectivity index (χ3n) is 4.57. The average Bonchev–Trinajstić information content (AvgIpc) is 3.13. The molecule has 0 bridgehead atoms. The summed E-state index contributed by atoms with van der Waals surface area (Å²) in [6.45, 7) is 1.76. The number of methoxy groups -OCH3 is 1. The number of hydrogen-bond acceptors (Lipinski definition) is 5. The molecular formula is C19H25N3O3. The van der Waals surface area contributed by atoms with Crippen LogP contribution in [0.2, 0.25) is 0 Å². The molecule has 0 unspecified atom stereocenters. The Balaban J connectivity index is 1.48. The lowest BCUT2D eigenvalue weighted by atomic mass is 10.1. The van der Waals surface area contributed by atoms with Crippen molar-refractivity contribution in [2.45, 2.75) is 44.9 Å². The predicted octanol–water partition coefficient (Wildman–Crippen LogP) is 2.81. The molecule has 0 radical (unpaired) electrons. The first kappa shape index (κ1) is 17.5. The van der Waals surface area contributed by atoms with Crippen molar-refractivity contribution < 1.29 is 13.9 Å². The van der Waals surface area contributed by atoms with E-state index in [0.717, 1.165) is 43.7 Å². The molecule has 2 aromatic rings. The van der Waals surface area contributed by atoms with E-state index in [2.05, 4.69) is 10.2 Å². The van der Waals surface area contributed by atoms with E-state index in [4.69, 9.17) is 9.15 Å². The Morgan fingerprint density at radius 3 is 2.56 bits per heavy atom. The van der Waals surface area contributed by atoms with Gasteiger partial charge in [-0.25, -0.2) is 0 Å². The van der Waals surface area contributed by atoms with Crippen molar-refractivity contribution >= 4 is 5.91 Å². The fraction of sp³-hybridized carbons (Fsp3) is 0.526. The number of hydrogen-bond donors (Lipinski definition) is 0. The van der Waals surface area contributed by atoms with Crippen molar-refractivity contribution in [3.8, 4) is 5.75 Å². The number of ether oxygens (including phenoxy) is 1. The van der Waals surface area contributed by atoms with E-state index < -0.39 is 0 Å². The van der Waals surface area contributed by atoms with Crippen molar-refractivity contribution in [1.29, 1.82) is 0 Å². The zero-order valence-electron chi connectivity index (χ0n) is 14.7.